The molecule has 1 atom stereocenters. The van der Waals surface area contributed by atoms with Gasteiger partial charge in [-0.3, -0.25) is 0 Å². The second kappa shape index (κ2) is 3.43. The zero-order valence-electron chi connectivity index (χ0n) is 6.90. The molecule has 0 unspecified atom stereocenters. The zero-order chi connectivity index (χ0) is 9.26. The lowest BCUT2D eigenvalue weighted by Gasteiger charge is -2.06. The molecule has 0 aliphatic carbocycles. The lowest BCUT2D eigenvalue weighted by molar-refractivity contribution is 0.0677. The van der Waals surface area contributed by atoms with Crippen molar-refractivity contribution in [2.45, 2.75) is 18.9 Å². The average molecular weight is 199 g/mol. The topological polar surface area (TPSA) is 59.4 Å². The molecule has 1 fully saturated rings. The number of carboxylic acid groups (broad SMARTS) is 1. The molecule has 1 aliphatic rings. The van der Waals surface area contributed by atoms with Gasteiger partial charge in [0.05, 0.1) is 16.5 Å². The summed E-state index contributed by atoms with van der Waals surface area (Å²) in [5.74, 6) is -0.966. The van der Waals surface area contributed by atoms with Crippen LogP contribution in [0, 0.1) is 0 Å². The molecule has 0 bridgehead atoms. The predicted molar refractivity (Wildman–Crippen MR) is 47.0 cm³/mol. The molecule has 1 N–H and O–H groups in total. The maximum Gasteiger partial charge on any atom is 0.355 e. The van der Waals surface area contributed by atoms with E-state index in [1.807, 2.05) is 0 Å². The Morgan fingerprint density at radius 1 is 1.77 bits per heavy atom. The molecular weight excluding hydrogens is 190 g/mol. The minimum absolute atomic E-state index is 0.0430. The van der Waals surface area contributed by atoms with E-state index in [0.717, 1.165) is 24.3 Å². The maximum atomic E-state index is 10.7. The summed E-state index contributed by atoms with van der Waals surface area (Å²) in [7, 11) is 0. The lowest BCUT2D eigenvalue weighted by Crippen LogP contribution is -2.04. The normalized spacial score (nSPS) is 22.0. The highest BCUT2D eigenvalue weighted by Gasteiger charge is 2.25. The van der Waals surface area contributed by atoms with Crippen molar-refractivity contribution in [1.82, 2.24) is 4.98 Å². The van der Waals surface area contributed by atoms with E-state index >= 15 is 0 Å². The van der Waals surface area contributed by atoms with E-state index in [9.17, 15) is 4.79 Å². The maximum absolute atomic E-state index is 10.7. The lowest BCUT2D eigenvalue weighted by atomic mass is 10.2. The molecule has 1 aliphatic heterocycles. The Hall–Kier alpha value is -0.940. The van der Waals surface area contributed by atoms with E-state index in [2.05, 4.69) is 4.98 Å². The van der Waals surface area contributed by atoms with E-state index in [4.69, 9.17) is 9.84 Å². The van der Waals surface area contributed by atoms with Gasteiger partial charge in [-0.05, 0) is 12.8 Å². The van der Waals surface area contributed by atoms with Crippen LogP contribution in [0.25, 0.3) is 0 Å². The smallest absolute Gasteiger partial charge is 0.355 e. The molecule has 5 heteroatoms. The highest BCUT2D eigenvalue weighted by molar-refractivity contribution is 7.10. The van der Waals surface area contributed by atoms with Crippen LogP contribution in [0.4, 0.5) is 0 Å². The van der Waals surface area contributed by atoms with Crippen LogP contribution < -0.4 is 0 Å². The van der Waals surface area contributed by atoms with E-state index < -0.39 is 5.97 Å². The summed E-state index contributed by atoms with van der Waals surface area (Å²) >= 11 is 1.36. The van der Waals surface area contributed by atoms with Gasteiger partial charge in [0, 0.05) is 6.61 Å². The molecule has 0 aromatic carbocycles. The van der Waals surface area contributed by atoms with Gasteiger partial charge >= 0.3 is 5.97 Å². The average Bonchev–Trinajstić information content (AvgIpc) is 2.74. The SMILES string of the molecule is O=C(O)c1ncsc1[C@H]1CCCO1. The van der Waals surface area contributed by atoms with Crippen LogP contribution in [0.3, 0.4) is 0 Å². The van der Waals surface area contributed by atoms with Gasteiger partial charge in [-0.1, -0.05) is 0 Å². The minimum atomic E-state index is -0.966. The number of ether oxygens (including phenoxy) is 1. The number of aromatic carboxylic acids is 1. The van der Waals surface area contributed by atoms with Crippen LogP contribution in [-0.2, 0) is 4.74 Å². The molecule has 13 heavy (non-hydrogen) atoms. The Bertz CT molecular complexity index is 317. The van der Waals surface area contributed by atoms with Crippen molar-refractivity contribution in [1.29, 1.82) is 0 Å². The van der Waals surface area contributed by atoms with E-state index in [1.54, 1.807) is 5.51 Å². The molecule has 0 spiro atoms. The number of thiazole rings is 1. The first-order chi connectivity index (χ1) is 6.29. The van der Waals surface area contributed by atoms with Crippen LogP contribution >= 0.6 is 11.3 Å². The number of aromatic nitrogens is 1. The molecule has 0 amide bonds. The molecule has 1 saturated heterocycles. The van der Waals surface area contributed by atoms with E-state index in [0.29, 0.717) is 0 Å². The Balaban J connectivity index is 2.28. The number of carboxylic acids is 1. The van der Waals surface area contributed by atoms with Crippen molar-refractivity contribution in [2.24, 2.45) is 0 Å². The van der Waals surface area contributed by atoms with Crippen molar-refractivity contribution in [3.8, 4) is 0 Å². The van der Waals surface area contributed by atoms with Crippen LogP contribution in [0.15, 0.2) is 5.51 Å². The summed E-state index contributed by atoms with van der Waals surface area (Å²) in [6, 6.07) is 0. The van der Waals surface area contributed by atoms with Crippen LogP contribution in [0.1, 0.15) is 34.3 Å². The van der Waals surface area contributed by atoms with Crippen molar-refractivity contribution in [2.75, 3.05) is 6.61 Å². The highest BCUT2D eigenvalue weighted by atomic mass is 32.1. The quantitative estimate of drug-likeness (QED) is 0.787. The minimum Gasteiger partial charge on any atom is -0.476 e. The zero-order valence-corrected chi connectivity index (χ0v) is 7.71. The first-order valence-corrected chi connectivity index (χ1v) is 4.95. The summed E-state index contributed by atoms with van der Waals surface area (Å²) < 4.78 is 5.40. The second-order valence-electron chi connectivity index (χ2n) is 2.87. The van der Waals surface area contributed by atoms with Gasteiger partial charge in [-0.2, -0.15) is 0 Å². The monoisotopic (exact) mass is 199 g/mol. The van der Waals surface area contributed by atoms with Gasteiger partial charge < -0.3 is 9.84 Å². The summed E-state index contributed by atoms with van der Waals surface area (Å²) in [4.78, 5) is 15.3. The summed E-state index contributed by atoms with van der Waals surface area (Å²) in [6.07, 6.45) is 1.86. The molecule has 0 radical (unpaired) electrons. The Labute approximate surface area is 79.2 Å². The first kappa shape index (κ1) is 8.65. The molecule has 2 heterocycles. The van der Waals surface area contributed by atoms with Crippen LogP contribution in [0.2, 0.25) is 0 Å². The van der Waals surface area contributed by atoms with Crippen molar-refractivity contribution < 1.29 is 14.6 Å². The van der Waals surface area contributed by atoms with Crippen molar-refractivity contribution in [3.05, 3.63) is 16.1 Å². The van der Waals surface area contributed by atoms with Crippen molar-refractivity contribution in [3.63, 3.8) is 0 Å². The van der Waals surface area contributed by atoms with Gasteiger partial charge in [-0.25, -0.2) is 9.78 Å². The number of nitrogens with zero attached hydrogens (tertiary/aromatic N) is 1. The molecular formula is C8H9NO3S. The highest BCUT2D eigenvalue weighted by Crippen LogP contribution is 2.33. The predicted octanol–water partition coefficient (Wildman–Crippen LogP) is 1.69. The Morgan fingerprint density at radius 2 is 2.62 bits per heavy atom. The summed E-state index contributed by atoms with van der Waals surface area (Å²) in [5.41, 5.74) is 1.71. The molecule has 1 aromatic heterocycles. The van der Waals surface area contributed by atoms with Gasteiger partial charge in [0.2, 0.25) is 0 Å². The number of hydrogen-bond donors (Lipinski definition) is 1. The third-order valence-corrected chi connectivity index (χ3v) is 2.94. The molecule has 2 rings (SSSR count). The van der Waals surface area contributed by atoms with Gasteiger partial charge in [-0.15, -0.1) is 11.3 Å². The fourth-order valence-corrected chi connectivity index (χ4v) is 2.29. The number of rotatable bonds is 2. The van der Waals surface area contributed by atoms with E-state index in [-0.39, 0.29) is 11.8 Å². The fraction of sp³-hybridized carbons (Fsp3) is 0.500. The van der Waals surface area contributed by atoms with Gasteiger partial charge in [0.15, 0.2) is 5.69 Å². The van der Waals surface area contributed by atoms with Gasteiger partial charge in [0.1, 0.15) is 0 Å². The number of hydrogen-bond acceptors (Lipinski definition) is 4. The largest absolute Gasteiger partial charge is 0.476 e. The molecule has 0 saturated carbocycles. The first-order valence-electron chi connectivity index (χ1n) is 4.07. The third kappa shape index (κ3) is 1.57. The molecule has 70 valence electrons. The number of carbonyl (C=O) groups is 1. The van der Waals surface area contributed by atoms with E-state index in [1.165, 1.54) is 11.3 Å². The standard InChI is InChI=1S/C8H9NO3S/c10-8(11)6-7(13-4-9-6)5-2-1-3-12-5/h4-5H,1-3H2,(H,10,11)/t5-/m1/s1. The Kier molecular flexibility index (Phi) is 2.28. The Morgan fingerprint density at radius 3 is 3.23 bits per heavy atom. The van der Waals surface area contributed by atoms with Gasteiger partial charge in [0.25, 0.3) is 0 Å². The van der Waals surface area contributed by atoms with Crippen LogP contribution in [0.5, 0.6) is 0 Å². The second-order valence-corrected chi connectivity index (χ2v) is 3.76. The summed E-state index contributed by atoms with van der Waals surface area (Å²) in [6.45, 7) is 0.724. The summed E-state index contributed by atoms with van der Waals surface area (Å²) in [5, 5.41) is 8.80. The van der Waals surface area contributed by atoms with Crippen molar-refractivity contribution >= 4 is 17.3 Å². The third-order valence-electron chi connectivity index (χ3n) is 2.02. The molecule has 4 nitrogen and oxygen atoms in total. The molecule has 1 aromatic rings. The van der Waals surface area contributed by atoms with Crippen LogP contribution in [-0.4, -0.2) is 22.7 Å². The fourth-order valence-electron chi connectivity index (χ4n) is 1.43.